The molecule has 2 aromatic carbocycles. The van der Waals surface area contributed by atoms with Gasteiger partial charge in [-0.25, -0.2) is 4.68 Å². The zero-order valence-corrected chi connectivity index (χ0v) is 13.0. The maximum absolute atomic E-state index is 13.3. The van der Waals surface area contributed by atoms with Gasteiger partial charge in [-0.3, -0.25) is 0 Å². The van der Waals surface area contributed by atoms with E-state index in [0.29, 0.717) is 21.3 Å². The Bertz CT molecular complexity index is 822. The van der Waals surface area contributed by atoms with Crippen LogP contribution in [0.5, 0.6) is 0 Å². The van der Waals surface area contributed by atoms with E-state index in [1.165, 1.54) is 28.9 Å². The SMILES string of the molecule is FC(F)(F)c1cn(-c2ccc(Cl)cc2)nc1-c1ccc(Cl)cc1. The number of rotatable bonds is 2. The van der Waals surface area contributed by atoms with Crippen LogP contribution < -0.4 is 0 Å². The Morgan fingerprint density at radius 1 is 0.826 bits per heavy atom. The number of alkyl halides is 3. The highest BCUT2D eigenvalue weighted by atomic mass is 35.5. The molecule has 0 fully saturated rings. The van der Waals surface area contributed by atoms with Crippen LogP contribution in [0.2, 0.25) is 10.0 Å². The fraction of sp³-hybridized carbons (Fsp3) is 0.0625. The molecule has 0 saturated heterocycles. The second kappa shape index (κ2) is 5.91. The second-order valence-corrected chi connectivity index (χ2v) is 5.69. The fourth-order valence-corrected chi connectivity index (χ4v) is 2.38. The predicted octanol–water partition coefficient (Wildman–Crippen LogP) is 5.86. The number of nitrogens with zero attached hydrogens (tertiary/aromatic N) is 2. The molecule has 7 heteroatoms. The molecule has 0 saturated carbocycles. The number of benzene rings is 2. The van der Waals surface area contributed by atoms with Gasteiger partial charge in [-0.1, -0.05) is 35.3 Å². The van der Waals surface area contributed by atoms with E-state index in [1.54, 1.807) is 24.3 Å². The number of hydrogen-bond acceptors (Lipinski definition) is 1. The van der Waals surface area contributed by atoms with Crippen molar-refractivity contribution in [3.8, 4) is 16.9 Å². The summed E-state index contributed by atoms with van der Waals surface area (Å²) in [5.41, 5.74) is -0.131. The van der Waals surface area contributed by atoms with Gasteiger partial charge in [-0.15, -0.1) is 0 Å². The number of aromatic nitrogens is 2. The monoisotopic (exact) mass is 356 g/mol. The Morgan fingerprint density at radius 2 is 1.35 bits per heavy atom. The minimum atomic E-state index is -4.51. The van der Waals surface area contributed by atoms with Crippen molar-refractivity contribution in [2.75, 3.05) is 0 Å². The largest absolute Gasteiger partial charge is 0.420 e. The van der Waals surface area contributed by atoms with Crippen LogP contribution in [0.4, 0.5) is 13.2 Å². The van der Waals surface area contributed by atoms with Crippen LogP contribution in [0, 0.1) is 0 Å². The minimum absolute atomic E-state index is 0.149. The number of hydrogen-bond donors (Lipinski definition) is 0. The van der Waals surface area contributed by atoms with Crippen molar-refractivity contribution >= 4 is 23.2 Å². The summed E-state index contributed by atoms with van der Waals surface area (Å²) in [5, 5.41) is 5.03. The van der Waals surface area contributed by atoms with Crippen molar-refractivity contribution in [3.05, 3.63) is 70.3 Å². The molecule has 23 heavy (non-hydrogen) atoms. The molecular weight excluding hydrogens is 348 g/mol. The molecule has 3 rings (SSSR count). The minimum Gasteiger partial charge on any atom is -0.240 e. The third-order valence-corrected chi connectivity index (χ3v) is 3.73. The van der Waals surface area contributed by atoms with Gasteiger partial charge in [0.05, 0.1) is 5.69 Å². The van der Waals surface area contributed by atoms with Crippen LogP contribution in [0.3, 0.4) is 0 Å². The molecule has 0 bridgehead atoms. The third-order valence-electron chi connectivity index (χ3n) is 3.23. The topological polar surface area (TPSA) is 17.8 Å². The van der Waals surface area contributed by atoms with E-state index in [9.17, 15) is 13.2 Å². The molecular formula is C16H9Cl2F3N2. The quantitative estimate of drug-likeness (QED) is 0.561. The summed E-state index contributed by atoms with van der Waals surface area (Å²) in [7, 11) is 0. The van der Waals surface area contributed by atoms with Crippen molar-refractivity contribution in [2.45, 2.75) is 6.18 Å². The van der Waals surface area contributed by atoms with E-state index < -0.39 is 11.7 Å². The molecule has 118 valence electrons. The van der Waals surface area contributed by atoms with Crippen molar-refractivity contribution in [3.63, 3.8) is 0 Å². The van der Waals surface area contributed by atoms with E-state index in [-0.39, 0.29) is 5.69 Å². The Morgan fingerprint density at radius 3 is 1.87 bits per heavy atom. The molecule has 2 nitrogen and oxygen atoms in total. The lowest BCUT2D eigenvalue weighted by Gasteiger charge is -2.06. The molecule has 0 amide bonds. The van der Waals surface area contributed by atoms with Crippen LogP contribution >= 0.6 is 23.2 Å². The average molecular weight is 357 g/mol. The lowest BCUT2D eigenvalue weighted by molar-refractivity contribution is -0.137. The first kappa shape index (κ1) is 15.9. The molecule has 0 aliphatic rings. The Kier molecular flexibility index (Phi) is 4.08. The number of halogens is 5. The molecule has 1 aromatic heterocycles. The van der Waals surface area contributed by atoms with Crippen LogP contribution in [0.1, 0.15) is 5.56 Å². The van der Waals surface area contributed by atoms with Gasteiger partial charge in [0, 0.05) is 21.8 Å². The van der Waals surface area contributed by atoms with Crippen LogP contribution in [0.25, 0.3) is 16.9 Å². The molecule has 0 aliphatic heterocycles. The summed E-state index contributed by atoms with van der Waals surface area (Å²) in [6, 6.07) is 12.4. The van der Waals surface area contributed by atoms with Crippen molar-refractivity contribution < 1.29 is 13.2 Å². The first-order valence-electron chi connectivity index (χ1n) is 6.53. The maximum atomic E-state index is 13.3. The highest BCUT2D eigenvalue weighted by Gasteiger charge is 2.36. The van der Waals surface area contributed by atoms with E-state index in [2.05, 4.69) is 5.10 Å². The fourth-order valence-electron chi connectivity index (χ4n) is 2.13. The molecule has 0 N–H and O–H groups in total. The summed E-state index contributed by atoms with van der Waals surface area (Å²) >= 11 is 11.6. The predicted molar refractivity (Wildman–Crippen MR) is 84.0 cm³/mol. The molecule has 0 unspecified atom stereocenters. The Labute approximate surface area is 140 Å². The molecule has 3 aromatic rings. The van der Waals surface area contributed by atoms with Crippen molar-refractivity contribution in [1.29, 1.82) is 0 Å². The summed E-state index contributed by atoms with van der Waals surface area (Å²) < 4.78 is 41.1. The zero-order valence-electron chi connectivity index (χ0n) is 11.5. The van der Waals surface area contributed by atoms with Gasteiger partial charge in [0.15, 0.2) is 0 Å². The molecule has 0 spiro atoms. The molecule has 0 aliphatic carbocycles. The Hall–Kier alpha value is -1.98. The van der Waals surface area contributed by atoms with Crippen molar-refractivity contribution in [2.24, 2.45) is 0 Å². The first-order chi connectivity index (χ1) is 10.8. The van der Waals surface area contributed by atoms with Crippen LogP contribution in [0.15, 0.2) is 54.7 Å². The summed E-state index contributed by atoms with van der Waals surface area (Å²) in [4.78, 5) is 0. The van der Waals surface area contributed by atoms with Gasteiger partial charge in [-0.05, 0) is 36.4 Å². The average Bonchev–Trinajstić information content (AvgIpc) is 2.94. The van der Waals surface area contributed by atoms with Gasteiger partial charge >= 0.3 is 6.18 Å². The summed E-state index contributed by atoms with van der Waals surface area (Å²) in [6.45, 7) is 0. The maximum Gasteiger partial charge on any atom is 0.420 e. The van der Waals surface area contributed by atoms with Gasteiger partial charge in [0.1, 0.15) is 11.3 Å². The van der Waals surface area contributed by atoms with E-state index in [4.69, 9.17) is 23.2 Å². The van der Waals surface area contributed by atoms with Crippen LogP contribution in [-0.2, 0) is 6.18 Å². The lowest BCUT2D eigenvalue weighted by atomic mass is 10.1. The van der Waals surface area contributed by atoms with Gasteiger partial charge in [-0.2, -0.15) is 18.3 Å². The van der Waals surface area contributed by atoms with Gasteiger partial charge < -0.3 is 0 Å². The highest BCUT2D eigenvalue weighted by Crippen LogP contribution is 2.37. The molecule has 0 radical (unpaired) electrons. The van der Waals surface area contributed by atoms with Crippen LogP contribution in [-0.4, -0.2) is 9.78 Å². The highest BCUT2D eigenvalue weighted by molar-refractivity contribution is 6.30. The van der Waals surface area contributed by atoms with Gasteiger partial charge in [0.25, 0.3) is 0 Å². The summed E-state index contributed by atoms with van der Waals surface area (Å²) in [6.07, 6.45) is -3.55. The molecule has 0 atom stereocenters. The standard InChI is InChI=1S/C16H9Cl2F3N2/c17-11-3-1-10(2-4-11)15-14(16(19,20)21)9-23(22-15)13-7-5-12(18)6-8-13/h1-9H. The summed E-state index contributed by atoms with van der Waals surface area (Å²) in [5.74, 6) is 0. The second-order valence-electron chi connectivity index (χ2n) is 4.82. The van der Waals surface area contributed by atoms with E-state index in [0.717, 1.165) is 6.20 Å². The normalized spacial score (nSPS) is 11.7. The Balaban J connectivity index is 2.14. The van der Waals surface area contributed by atoms with Crippen molar-refractivity contribution in [1.82, 2.24) is 9.78 Å². The van der Waals surface area contributed by atoms with E-state index >= 15 is 0 Å². The van der Waals surface area contributed by atoms with E-state index in [1.807, 2.05) is 0 Å². The first-order valence-corrected chi connectivity index (χ1v) is 7.29. The van der Waals surface area contributed by atoms with Gasteiger partial charge in [0.2, 0.25) is 0 Å². The smallest absolute Gasteiger partial charge is 0.240 e. The molecule has 1 heterocycles. The lowest BCUT2D eigenvalue weighted by Crippen LogP contribution is -2.05. The zero-order chi connectivity index (χ0) is 16.6. The third kappa shape index (κ3) is 3.35.